The summed E-state index contributed by atoms with van der Waals surface area (Å²) in [6.45, 7) is 0.477. The zero-order chi connectivity index (χ0) is 39.7. The summed E-state index contributed by atoms with van der Waals surface area (Å²) in [5.41, 5.74) is 2.43. The number of para-hydroxylation sites is 2. The van der Waals surface area contributed by atoms with E-state index >= 15 is 0 Å². The van der Waals surface area contributed by atoms with Gasteiger partial charge in [0.15, 0.2) is 17.2 Å². The van der Waals surface area contributed by atoms with Crippen LogP contribution in [-0.4, -0.2) is 16.1 Å². The summed E-state index contributed by atoms with van der Waals surface area (Å²) in [6, 6.07) is 48.7. The Morgan fingerprint density at radius 2 is 1.09 bits per heavy atom. The molecule has 8 aromatic rings. The van der Waals surface area contributed by atoms with Gasteiger partial charge in [-0.15, -0.1) is 11.3 Å². The Labute approximate surface area is 343 Å². The number of carboxylic acids is 1. The topological polar surface area (TPSA) is 96.3 Å². The van der Waals surface area contributed by atoms with Crippen molar-refractivity contribution in [3.8, 4) is 46.0 Å². The fourth-order valence-corrected chi connectivity index (χ4v) is 7.17. The van der Waals surface area contributed by atoms with Gasteiger partial charge in [-0.25, -0.2) is 4.79 Å². The normalized spacial score (nSPS) is 11.2. The lowest BCUT2D eigenvalue weighted by Crippen LogP contribution is -2.01. The number of halogens is 1. The molecule has 0 aliphatic carbocycles. The highest BCUT2D eigenvalue weighted by Gasteiger charge is 2.21. The number of nitrogens with zero attached hydrogens (tertiary/aromatic N) is 1. The van der Waals surface area contributed by atoms with Crippen LogP contribution in [0.2, 0.25) is 5.02 Å². The molecule has 6 aromatic carbocycles. The molecule has 2 aromatic heterocycles. The van der Waals surface area contributed by atoms with Crippen LogP contribution in [-0.2, 0) is 18.0 Å². The molecule has 0 bridgehead atoms. The molecule has 1 N–H and O–H groups in total. The lowest BCUT2D eigenvalue weighted by atomic mass is 10.1. The van der Waals surface area contributed by atoms with Crippen molar-refractivity contribution < 1.29 is 33.6 Å². The molecule has 286 valence electrons. The summed E-state index contributed by atoms with van der Waals surface area (Å²) < 4.78 is 32.3. The van der Waals surface area contributed by atoms with Crippen molar-refractivity contribution in [3.63, 3.8) is 0 Å². The number of carbonyl (C=O) groups is 1. The number of ether oxygens (including phenoxy) is 5. The van der Waals surface area contributed by atoms with Gasteiger partial charge in [-0.2, -0.15) is 0 Å². The van der Waals surface area contributed by atoms with E-state index in [0.717, 1.165) is 27.3 Å². The summed E-state index contributed by atoms with van der Waals surface area (Å²) in [5.74, 6) is 3.79. The largest absolute Gasteiger partial charge is 0.485 e. The lowest BCUT2D eigenvalue weighted by molar-refractivity contribution is -0.130. The smallest absolute Gasteiger partial charge is 0.336 e. The molecule has 10 heteroatoms. The second kappa shape index (κ2) is 17.8. The molecule has 0 fully saturated rings. The monoisotopic (exact) mass is 803 g/mol. The van der Waals surface area contributed by atoms with Crippen molar-refractivity contribution in [3.05, 3.63) is 197 Å². The Morgan fingerprint density at radius 1 is 0.603 bits per heavy atom. The quantitative estimate of drug-likeness (QED) is 0.102. The molecule has 0 amide bonds. The highest BCUT2D eigenvalue weighted by atomic mass is 35.5. The molecule has 0 unspecified atom stereocenters. The Bertz CT molecular complexity index is 2650. The first kappa shape index (κ1) is 37.8. The first-order chi connectivity index (χ1) is 28.4. The van der Waals surface area contributed by atoms with Gasteiger partial charge in [0.1, 0.15) is 42.0 Å². The molecular weight excluding hydrogens is 770 g/mol. The number of hydrogen-bond donors (Lipinski definition) is 1. The van der Waals surface area contributed by atoms with Gasteiger partial charge in [0, 0.05) is 33.6 Å². The number of carboxylic acid groups (broad SMARTS) is 1. The van der Waals surface area contributed by atoms with Gasteiger partial charge in [-0.3, -0.25) is 4.98 Å². The predicted molar refractivity (Wildman–Crippen MR) is 228 cm³/mol. The SMILES string of the molecule is O=C(O)/C(=C/c1sc2cc(OCc3ccc(Oc4ccccc4)cc3)c(OCc3ccc(Oc4ccccc4)cc3)cc2c1Oc1ccc(Cl)cc1)c1ccncc1. The zero-order valence-corrected chi connectivity index (χ0v) is 32.4. The molecule has 0 saturated heterocycles. The number of fused-ring (bicyclic) bond motifs is 1. The van der Waals surface area contributed by atoms with Crippen molar-refractivity contribution in [1.82, 2.24) is 4.98 Å². The van der Waals surface area contributed by atoms with Crippen LogP contribution in [0.15, 0.2) is 170 Å². The maximum Gasteiger partial charge on any atom is 0.336 e. The minimum atomic E-state index is -1.09. The van der Waals surface area contributed by atoms with Gasteiger partial charge in [0.05, 0.1) is 10.5 Å². The van der Waals surface area contributed by atoms with Crippen LogP contribution in [0.3, 0.4) is 0 Å². The summed E-state index contributed by atoms with van der Waals surface area (Å²) in [6.07, 6.45) is 4.74. The third-order valence-corrected chi connectivity index (χ3v) is 10.2. The summed E-state index contributed by atoms with van der Waals surface area (Å²) in [5, 5.41) is 11.6. The van der Waals surface area contributed by atoms with Crippen LogP contribution in [0.4, 0.5) is 0 Å². The summed E-state index contributed by atoms with van der Waals surface area (Å²) in [4.78, 5) is 17.2. The third kappa shape index (κ3) is 9.47. The van der Waals surface area contributed by atoms with Gasteiger partial charge >= 0.3 is 5.97 Å². The minimum Gasteiger partial charge on any atom is -0.485 e. The first-order valence-corrected chi connectivity index (χ1v) is 19.4. The molecular formula is C48H34ClNO7S. The molecule has 58 heavy (non-hydrogen) atoms. The van der Waals surface area contributed by atoms with Crippen LogP contribution >= 0.6 is 22.9 Å². The summed E-state index contributed by atoms with van der Waals surface area (Å²) in [7, 11) is 0. The van der Waals surface area contributed by atoms with Crippen LogP contribution < -0.4 is 23.7 Å². The van der Waals surface area contributed by atoms with Crippen molar-refractivity contribution >= 4 is 50.6 Å². The van der Waals surface area contributed by atoms with Gasteiger partial charge in [-0.05, 0) is 114 Å². The number of pyridine rings is 1. The Balaban J connectivity index is 1.14. The van der Waals surface area contributed by atoms with Gasteiger partial charge in [-0.1, -0.05) is 72.3 Å². The fraction of sp³-hybridized carbons (Fsp3) is 0.0417. The maximum atomic E-state index is 12.6. The van der Waals surface area contributed by atoms with Crippen LogP contribution in [0, 0.1) is 0 Å². The molecule has 0 saturated carbocycles. The van der Waals surface area contributed by atoms with E-state index in [-0.39, 0.29) is 18.8 Å². The van der Waals surface area contributed by atoms with Crippen LogP contribution in [0.25, 0.3) is 21.7 Å². The standard InChI is InChI=1S/C48H34ClNO7S/c49-35-15-21-40(22-16-35)57-47-42-27-43(53-30-32-11-17-38(18-12-32)55-36-7-3-1-4-8-36)44(54-31-33-13-19-39(20-14-33)56-37-9-5-2-6-10-37)29-45(42)58-46(47)28-41(48(51)52)34-23-25-50-26-24-34/h1-29H,30-31H2,(H,51,52)/b41-28+. The number of rotatable bonds is 15. The second-order valence-electron chi connectivity index (χ2n) is 12.9. The number of benzene rings is 6. The fourth-order valence-electron chi connectivity index (χ4n) is 5.96. The highest BCUT2D eigenvalue weighted by molar-refractivity contribution is 7.20. The van der Waals surface area contributed by atoms with Gasteiger partial charge < -0.3 is 28.8 Å². The molecule has 8 nitrogen and oxygen atoms in total. The van der Waals surface area contributed by atoms with Crippen LogP contribution in [0.1, 0.15) is 21.6 Å². The zero-order valence-electron chi connectivity index (χ0n) is 30.8. The minimum absolute atomic E-state index is 0.0854. The van der Waals surface area contributed by atoms with E-state index < -0.39 is 5.97 Å². The van der Waals surface area contributed by atoms with E-state index in [1.165, 1.54) is 11.3 Å². The number of hydrogen-bond acceptors (Lipinski definition) is 8. The van der Waals surface area contributed by atoms with Crippen LogP contribution in [0.5, 0.6) is 46.0 Å². The molecule has 0 spiro atoms. The first-order valence-electron chi connectivity index (χ1n) is 18.2. The average molecular weight is 804 g/mol. The van der Waals surface area contributed by atoms with Gasteiger partial charge in [0.2, 0.25) is 0 Å². The Morgan fingerprint density at radius 3 is 1.62 bits per heavy atom. The highest BCUT2D eigenvalue weighted by Crippen LogP contribution is 2.47. The maximum absolute atomic E-state index is 12.6. The molecule has 0 aliphatic heterocycles. The van der Waals surface area contributed by atoms with E-state index in [9.17, 15) is 9.90 Å². The third-order valence-electron chi connectivity index (χ3n) is 8.86. The predicted octanol–water partition coefficient (Wildman–Crippen LogP) is 13.1. The van der Waals surface area contributed by atoms with Gasteiger partial charge in [0.25, 0.3) is 0 Å². The summed E-state index contributed by atoms with van der Waals surface area (Å²) >= 11 is 7.58. The number of thiophene rings is 1. The molecule has 0 aliphatic rings. The number of aromatic nitrogens is 1. The van der Waals surface area contributed by atoms with Crippen molar-refractivity contribution in [2.75, 3.05) is 0 Å². The molecule has 8 rings (SSSR count). The van der Waals surface area contributed by atoms with E-state index in [1.807, 2.05) is 121 Å². The van der Waals surface area contributed by atoms with E-state index in [2.05, 4.69) is 4.98 Å². The molecule has 0 atom stereocenters. The lowest BCUT2D eigenvalue weighted by Gasteiger charge is -2.15. The molecule has 2 heterocycles. The van der Waals surface area contributed by atoms with Crippen molar-refractivity contribution in [2.45, 2.75) is 13.2 Å². The van der Waals surface area contributed by atoms with E-state index in [4.69, 9.17) is 35.3 Å². The Kier molecular flexibility index (Phi) is 11.6. The Hall–Kier alpha value is -7.07. The second-order valence-corrected chi connectivity index (χ2v) is 14.5. The molecule has 0 radical (unpaired) electrons. The van der Waals surface area contributed by atoms with Crippen molar-refractivity contribution in [1.29, 1.82) is 0 Å². The van der Waals surface area contributed by atoms with E-state index in [1.54, 1.807) is 54.9 Å². The van der Waals surface area contributed by atoms with E-state index in [0.29, 0.717) is 55.3 Å². The van der Waals surface area contributed by atoms with Crippen molar-refractivity contribution in [2.24, 2.45) is 0 Å². The average Bonchev–Trinajstić information content (AvgIpc) is 3.58. The number of aliphatic carboxylic acids is 1.